The second-order valence-electron chi connectivity index (χ2n) is 6.84. The van der Waals surface area contributed by atoms with E-state index in [0.29, 0.717) is 11.3 Å². The number of anilines is 2. The Kier molecular flexibility index (Phi) is 5.31. The molecule has 0 atom stereocenters. The monoisotopic (exact) mass is 440 g/mol. The van der Waals surface area contributed by atoms with E-state index in [1.807, 2.05) is 25.1 Å². The Bertz CT molecular complexity index is 1300. The number of alkyl halides is 3. The van der Waals surface area contributed by atoms with Crippen molar-refractivity contribution < 1.29 is 23.1 Å². The molecule has 0 aliphatic rings. The Morgan fingerprint density at radius 1 is 1.12 bits per heavy atom. The summed E-state index contributed by atoms with van der Waals surface area (Å²) in [6.45, 7) is 1.91. The molecule has 0 saturated carbocycles. The average molecular weight is 440 g/mol. The lowest BCUT2D eigenvalue weighted by Gasteiger charge is -2.12. The van der Waals surface area contributed by atoms with Crippen molar-refractivity contribution in [2.45, 2.75) is 13.1 Å². The van der Waals surface area contributed by atoms with Gasteiger partial charge in [-0.1, -0.05) is 12.1 Å². The summed E-state index contributed by atoms with van der Waals surface area (Å²) in [7, 11) is 0. The summed E-state index contributed by atoms with van der Waals surface area (Å²) in [5.41, 5.74) is 1.07. The number of nitrogens with zero attached hydrogens (tertiary/aromatic N) is 5. The minimum Gasteiger partial charge on any atom is -0.478 e. The standard InChI is InChI=1S/C21H15F3N6O2/c1-12-3-2-4-15(7-12)27-20-26-11-16(13-8-14(19(31)32)10-25-9-13)18(28-20)30-6-5-17(29-30)21(22,23)24/h2-11H,1H3,(H,31,32)(H,26,27,28). The van der Waals surface area contributed by atoms with Gasteiger partial charge in [0.1, 0.15) is 0 Å². The first kappa shape index (κ1) is 21.0. The van der Waals surface area contributed by atoms with Gasteiger partial charge in [0, 0.05) is 41.6 Å². The van der Waals surface area contributed by atoms with Crippen LogP contribution in [0, 0.1) is 6.92 Å². The third-order valence-electron chi connectivity index (χ3n) is 4.44. The molecule has 3 aromatic heterocycles. The van der Waals surface area contributed by atoms with E-state index in [4.69, 9.17) is 0 Å². The van der Waals surface area contributed by atoms with Crippen molar-refractivity contribution in [1.82, 2.24) is 24.7 Å². The van der Waals surface area contributed by atoms with Gasteiger partial charge < -0.3 is 10.4 Å². The molecule has 0 radical (unpaired) electrons. The number of aryl methyl sites for hydroxylation is 1. The molecule has 11 heteroatoms. The van der Waals surface area contributed by atoms with Crippen LogP contribution in [-0.4, -0.2) is 35.8 Å². The lowest BCUT2D eigenvalue weighted by Crippen LogP contribution is -2.10. The number of hydrogen-bond acceptors (Lipinski definition) is 6. The Morgan fingerprint density at radius 3 is 2.62 bits per heavy atom. The highest BCUT2D eigenvalue weighted by atomic mass is 19.4. The van der Waals surface area contributed by atoms with E-state index in [9.17, 15) is 23.1 Å². The van der Waals surface area contributed by atoms with Gasteiger partial charge in [0.05, 0.1) is 5.56 Å². The first-order valence-corrected chi connectivity index (χ1v) is 9.23. The zero-order valence-corrected chi connectivity index (χ0v) is 16.5. The van der Waals surface area contributed by atoms with Gasteiger partial charge in [0.2, 0.25) is 5.95 Å². The molecule has 8 nitrogen and oxygen atoms in total. The smallest absolute Gasteiger partial charge is 0.435 e. The summed E-state index contributed by atoms with van der Waals surface area (Å²) < 4.78 is 40.2. The van der Waals surface area contributed by atoms with E-state index in [-0.39, 0.29) is 22.9 Å². The van der Waals surface area contributed by atoms with E-state index in [0.717, 1.165) is 28.7 Å². The number of aromatic nitrogens is 5. The first-order valence-electron chi connectivity index (χ1n) is 9.23. The zero-order chi connectivity index (χ0) is 22.9. The fraction of sp³-hybridized carbons (Fsp3) is 0.0952. The van der Waals surface area contributed by atoms with Crippen molar-refractivity contribution in [3.05, 3.63) is 78.0 Å². The summed E-state index contributed by atoms with van der Waals surface area (Å²) in [5, 5.41) is 15.8. The maximum Gasteiger partial charge on any atom is 0.435 e. The lowest BCUT2D eigenvalue weighted by molar-refractivity contribution is -0.141. The fourth-order valence-electron chi connectivity index (χ4n) is 2.96. The molecule has 3 heterocycles. The van der Waals surface area contributed by atoms with Crippen LogP contribution in [-0.2, 0) is 6.18 Å². The van der Waals surface area contributed by atoms with Gasteiger partial charge in [-0.3, -0.25) is 4.98 Å². The molecule has 0 aliphatic carbocycles. The van der Waals surface area contributed by atoms with Crippen LogP contribution in [0.15, 0.2) is 61.2 Å². The molecule has 0 aliphatic heterocycles. The second kappa shape index (κ2) is 8.10. The predicted molar refractivity (Wildman–Crippen MR) is 109 cm³/mol. The van der Waals surface area contributed by atoms with Crippen LogP contribution in [0.25, 0.3) is 16.9 Å². The van der Waals surface area contributed by atoms with Crippen molar-refractivity contribution in [2.24, 2.45) is 0 Å². The number of carboxylic acids is 1. The van der Waals surface area contributed by atoms with Crippen LogP contribution >= 0.6 is 0 Å². The highest BCUT2D eigenvalue weighted by Gasteiger charge is 2.34. The van der Waals surface area contributed by atoms with Crippen LogP contribution in [0.1, 0.15) is 21.6 Å². The number of aromatic carboxylic acids is 1. The number of benzene rings is 1. The Balaban J connectivity index is 1.83. The van der Waals surface area contributed by atoms with Crippen LogP contribution in [0.3, 0.4) is 0 Å². The van der Waals surface area contributed by atoms with E-state index in [2.05, 4.69) is 25.4 Å². The molecule has 0 bridgehead atoms. The first-order chi connectivity index (χ1) is 15.2. The molecule has 4 aromatic rings. The van der Waals surface area contributed by atoms with Gasteiger partial charge in [-0.15, -0.1) is 0 Å². The molecule has 1 aromatic carbocycles. The number of carboxylic acid groups (broad SMARTS) is 1. The van der Waals surface area contributed by atoms with Gasteiger partial charge in [-0.25, -0.2) is 14.5 Å². The van der Waals surface area contributed by atoms with Crippen molar-refractivity contribution in [3.63, 3.8) is 0 Å². The highest BCUT2D eigenvalue weighted by Crippen LogP contribution is 2.30. The number of rotatable bonds is 5. The second-order valence-corrected chi connectivity index (χ2v) is 6.84. The zero-order valence-electron chi connectivity index (χ0n) is 16.5. The number of halogens is 3. The number of nitrogens with one attached hydrogen (secondary N) is 1. The molecule has 0 unspecified atom stereocenters. The topological polar surface area (TPSA) is 106 Å². The molecule has 162 valence electrons. The summed E-state index contributed by atoms with van der Waals surface area (Å²) >= 11 is 0. The summed E-state index contributed by atoms with van der Waals surface area (Å²) in [5.74, 6) is -1.05. The molecule has 0 saturated heterocycles. The molecule has 0 spiro atoms. The number of pyridine rings is 1. The van der Waals surface area contributed by atoms with E-state index >= 15 is 0 Å². The van der Waals surface area contributed by atoms with Crippen molar-refractivity contribution in [3.8, 4) is 16.9 Å². The largest absolute Gasteiger partial charge is 0.478 e. The van der Waals surface area contributed by atoms with E-state index < -0.39 is 17.8 Å². The normalized spacial score (nSPS) is 11.4. The molecule has 4 rings (SSSR count). The van der Waals surface area contributed by atoms with Gasteiger partial charge >= 0.3 is 12.1 Å². The molecule has 0 amide bonds. The van der Waals surface area contributed by atoms with Crippen molar-refractivity contribution in [1.29, 1.82) is 0 Å². The molecule has 32 heavy (non-hydrogen) atoms. The molecular formula is C21H15F3N6O2. The van der Waals surface area contributed by atoms with Gasteiger partial charge in [0.25, 0.3) is 0 Å². The summed E-state index contributed by atoms with van der Waals surface area (Å²) in [6.07, 6.45) is 0.398. The molecule has 2 N–H and O–H groups in total. The minimum atomic E-state index is -4.63. The van der Waals surface area contributed by atoms with Crippen molar-refractivity contribution in [2.75, 3.05) is 5.32 Å². The van der Waals surface area contributed by atoms with Crippen LogP contribution in [0.4, 0.5) is 24.8 Å². The van der Waals surface area contributed by atoms with E-state index in [1.54, 1.807) is 6.07 Å². The lowest BCUT2D eigenvalue weighted by atomic mass is 10.1. The maximum atomic E-state index is 13.1. The van der Waals surface area contributed by atoms with Crippen LogP contribution in [0.2, 0.25) is 0 Å². The fourth-order valence-corrected chi connectivity index (χ4v) is 2.96. The Labute approximate surface area is 179 Å². The Morgan fingerprint density at radius 2 is 1.94 bits per heavy atom. The van der Waals surface area contributed by atoms with Gasteiger partial charge in [0.15, 0.2) is 11.5 Å². The highest BCUT2D eigenvalue weighted by molar-refractivity contribution is 5.89. The predicted octanol–water partition coefficient (Wildman–Crippen LogP) is 4.49. The van der Waals surface area contributed by atoms with E-state index in [1.165, 1.54) is 18.5 Å². The summed E-state index contributed by atoms with van der Waals surface area (Å²) in [4.78, 5) is 23.8. The number of hydrogen-bond donors (Lipinski definition) is 2. The average Bonchev–Trinajstić information content (AvgIpc) is 3.25. The maximum absolute atomic E-state index is 13.1. The van der Waals surface area contributed by atoms with Crippen molar-refractivity contribution >= 4 is 17.6 Å². The minimum absolute atomic E-state index is 0.0231. The third kappa shape index (κ3) is 4.41. The SMILES string of the molecule is Cc1cccc(Nc2ncc(-c3cncc(C(=O)O)c3)c(-n3ccc(C(F)(F)F)n3)n2)c1. The quantitative estimate of drug-likeness (QED) is 0.471. The Hall–Kier alpha value is -4.28. The summed E-state index contributed by atoms with van der Waals surface area (Å²) in [6, 6.07) is 9.54. The van der Waals surface area contributed by atoms with Crippen LogP contribution in [0.5, 0.6) is 0 Å². The number of carbonyl (C=O) groups is 1. The van der Waals surface area contributed by atoms with Gasteiger partial charge in [-0.05, 0) is 36.8 Å². The third-order valence-corrected chi connectivity index (χ3v) is 4.44. The molecule has 0 fully saturated rings. The molecular weight excluding hydrogens is 425 g/mol. The van der Waals surface area contributed by atoms with Crippen LogP contribution < -0.4 is 5.32 Å². The van der Waals surface area contributed by atoms with Gasteiger partial charge in [-0.2, -0.15) is 23.3 Å².